The summed E-state index contributed by atoms with van der Waals surface area (Å²) >= 11 is 0. The summed E-state index contributed by atoms with van der Waals surface area (Å²) < 4.78 is 5.44. The van der Waals surface area contributed by atoms with Crippen LogP contribution >= 0.6 is 0 Å². The van der Waals surface area contributed by atoms with Gasteiger partial charge in [0.2, 0.25) is 0 Å². The van der Waals surface area contributed by atoms with Gasteiger partial charge in [-0.1, -0.05) is 224 Å². The van der Waals surface area contributed by atoms with Crippen molar-refractivity contribution in [3.63, 3.8) is 0 Å². The number of amidine groups is 2. The number of fused-ring (bicyclic) bond motifs is 6. The van der Waals surface area contributed by atoms with E-state index in [4.69, 9.17) is 9.98 Å². The molecule has 7 aliphatic carbocycles. The molecule has 2 aromatic heterocycles. The van der Waals surface area contributed by atoms with Gasteiger partial charge in [0.1, 0.15) is 17.8 Å². The van der Waals surface area contributed by atoms with E-state index in [1.54, 1.807) is 0 Å². The van der Waals surface area contributed by atoms with Crippen LogP contribution in [0.3, 0.4) is 0 Å². The molecule has 0 saturated carbocycles. The molecule has 1 aliphatic heterocycles. The Morgan fingerprint density at radius 3 is 1.93 bits per heavy atom. The van der Waals surface area contributed by atoms with Crippen LogP contribution in [-0.2, 0) is 24.7 Å². The molecule has 12 rings (SSSR count). The molecule has 0 radical (unpaired) electrons. The highest BCUT2D eigenvalue weighted by Crippen LogP contribution is 2.51. The van der Waals surface area contributed by atoms with Gasteiger partial charge >= 0.3 is 0 Å². The number of aliphatic imine (C=N–C) groups is 2. The Labute approximate surface area is 480 Å². The normalized spacial score (nSPS) is 26.7. The maximum absolute atomic E-state index is 6.05. The van der Waals surface area contributed by atoms with Gasteiger partial charge in [0.25, 0.3) is 0 Å². The molecule has 80 heavy (non-hydrogen) atoms. The van der Waals surface area contributed by atoms with Gasteiger partial charge in [-0.15, -0.1) is 0 Å². The van der Waals surface area contributed by atoms with Gasteiger partial charge < -0.3 is 14.5 Å². The van der Waals surface area contributed by atoms with Crippen LogP contribution in [0.25, 0.3) is 46.1 Å². The van der Waals surface area contributed by atoms with Gasteiger partial charge in [-0.2, -0.15) is 0 Å². The number of allylic oxidation sites excluding steroid dienone is 14. The number of aromatic nitrogens is 2. The van der Waals surface area contributed by atoms with Crippen LogP contribution in [0.15, 0.2) is 154 Å². The van der Waals surface area contributed by atoms with E-state index in [9.17, 15) is 0 Å². The lowest BCUT2D eigenvalue weighted by molar-refractivity contribution is 0.283. The van der Waals surface area contributed by atoms with Crippen LogP contribution in [-0.4, -0.2) is 27.0 Å². The van der Waals surface area contributed by atoms with E-state index in [1.807, 2.05) is 0 Å². The largest absolute Gasteiger partial charge is 0.344 e. The summed E-state index contributed by atoms with van der Waals surface area (Å²) in [6, 6.07) is 18.5. The first-order valence-corrected chi connectivity index (χ1v) is 30.6. The van der Waals surface area contributed by atoms with E-state index in [0.717, 1.165) is 56.6 Å². The lowest BCUT2D eigenvalue weighted by atomic mass is 9.71. The van der Waals surface area contributed by atoms with Gasteiger partial charge in [0.05, 0.1) is 11.4 Å². The fourth-order valence-electron chi connectivity index (χ4n) is 14.6. The minimum Gasteiger partial charge on any atom is -0.344 e. The highest BCUT2D eigenvalue weighted by molar-refractivity contribution is 6.16. The molecule has 8 atom stereocenters. The van der Waals surface area contributed by atoms with Gasteiger partial charge in [-0.05, 0) is 148 Å². The van der Waals surface area contributed by atoms with Crippen molar-refractivity contribution in [2.75, 3.05) is 0 Å². The molecule has 0 saturated heterocycles. The van der Waals surface area contributed by atoms with Gasteiger partial charge in [-0.25, -0.2) is 9.98 Å². The molecule has 0 spiro atoms. The molecule has 8 aliphatic rings. The molecule has 1 N–H and O–H groups in total. The minimum absolute atomic E-state index is 0.00419. The average molecular weight is 1060 g/mol. The molecule has 5 heteroatoms. The number of rotatable bonds is 7. The molecule has 3 heterocycles. The first kappa shape index (κ1) is 54.1. The van der Waals surface area contributed by atoms with Crippen molar-refractivity contribution in [1.82, 2.24) is 14.5 Å². The highest BCUT2D eigenvalue weighted by Gasteiger charge is 2.42. The van der Waals surface area contributed by atoms with Gasteiger partial charge in [0, 0.05) is 56.5 Å². The molecule has 414 valence electrons. The van der Waals surface area contributed by atoms with Crippen molar-refractivity contribution < 1.29 is 0 Å². The third-order valence-corrected chi connectivity index (χ3v) is 19.3. The Bertz CT molecular complexity index is 3520. The van der Waals surface area contributed by atoms with Crippen molar-refractivity contribution in [1.29, 1.82) is 0 Å². The molecular weight excluding hydrogens is 971 g/mol. The van der Waals surface area contributed by atoms with Crippen molar-refractivity contribution in [3.05, 3.63) is 189 Å². The topological polar surface area (TPSA) is 46.6 Å². The van der Waals surface area contributed by atoms with Crippen LogP contribution in [0.1, 0.15) is 168 Å². The Hall–Kier alpha value is -6.46. The van der Waals surface area contributed by atoms with Crippen molar-refractivity contribution in [3.8, 4) is 0 Å². The Morgan fingerprint density at radius 1 is 0.613 bits per heavy atom. The van der Waals surface area contributed by atoms with Gasteiger partial charge in [-0.3, -0.25) is 0 Å². The predicted octanol–water partition coefficient (Wildman–Crippen LogP) is 18.6. The zero-order chi connectivity index (χ0) is 56.2. The van der Waals surface area contributed by atoms with Crippen molar-refractivity contribution in [2.45, 2.75) is 153 Å². The van der Waals surface area contributed by atoms with Crippen molar-refractivity contribution >= 4 is 57.8 Å². The van der Waals surface area contributed by atoms with Crippen LogP contribution in [0.4, 0.5) is 0 Å². The summed E-state index contributed by atoms with van der Waals surface area (Å²) in [5, 5.41) is 5.49. The molecule has 5 nitrogen and oxygen atoms in total. The lowest BCUT2D eigenvalue weighted by Gasteiger charge is -2.37. The number of benzene rings is 2. The van der Waals surface area contributed by atoms with Crippen LogP contribution in [0.2, 0.25) is 0 Å². The van der Waals surface area contributed by atoms with Crippen LogP contribution in [0.5, 0.6) is 0 Å². The fraction of sp³-hybridized carbons (Fsp3) is 0.440. The van der Waals surface area contributed by atoms with E-state index in [2.05, 4.69) is 257 Å². The summed E-state index contributed by atoms with van der Waals surface area (Å²) in [4.78, 5) is 12.0. The molecule has 0 bridgehead atoms. The first-order valence-electron chi connectivity index (χ1n) is 30.6. The second-order valence-corrected chi connectivity index (χ2v) is 29.2. The summed E-state index contributed by atoms with van der Waals surface area (Å²) in [6.45, 7) is 33.5. The summed E-state index contributed by atoms with van der Waals surface area (Å²) in [7, 11) is 0. The van der Waals surface area contributed by atoms with E-state index < -0.39 is 0 Å². The van der Waals surface area contributed by atoms with Crippen molar-refractivity contribution in [2.24, 2.45) is 67.7 Å². The van der Waals surface area contributed by atoms with E-state index in [0.29, 0.717) is 29.6 Å². The first-order chi connectivity index (χ1) is 38.0. The maximum atomic E-state index is 6.05. The predicted molar refractivity (Wildman–Crippen MR) is 343 cm³/mol. The Balaban J connectivity index is 1.12. The third kappa shape index (κ3) is 9.80. The highest BCUT2D eigenvalue weighted by atomic mass is 15.2. The molecule has 2 aromatic carbocycles. The lowest BCUT2D eigenvalue weighted by Crippen LogP contribution is -2.43. The molecular formula is C75H89N5. The average Bonchev–Trinajstić information content (AvgIpc) is 3.98. The minimum atomic E-state index is -0.321. The molecule has 0 fully saturated rings. The number of nitrogens with one attached hydrogen (secondary N) is 1. The third-order valence-electron chi connectivity index (χ3n) is 19.3. The van der Waals surface area contributed by atoms with Crippen LogP contribution in [0, 0.1) is 57.7 Å². The number of nitrogens with zero attached hydrogens (tertiary/aromatic N) is 4. The van der Waals surface area contributed by atoms with Crippen LogP contribution < -0.4 is 5.32 Å². The zero-order valence-corrected chi connectivity index (χ0v) is 50.7. The molecule has 0 amide bonds. The standard InChI is InChI=1S/C75H89N5/c1-46-24-21-29-50(40-46)69-76-70(56-32-22-30-54(48-25-17-15-18-26-48)67(56)79-63-37-34-51(72(3,4)5)42-58(63)59-43-52(73(6,7)8)35-38-64(59)79)78-71(77-69)57-33-23-31-55(49-27-19-16-20-28-49)68(57)80-65-39-36-53(74(9,10)11)44-60(65)61-45-62(75(12,13)14)47(2)41-66(61)80/h15-23,25-27,29-30,33-40,44-47,49,51-52,55-56,69H,24,28,31-32,41-43H2,1-14H3,(H,76,77,78). The monoisotopic (exact) mass is 1060 g/mol. The van der Waals surface area contributed by atoms with E-state index in [1.165, 1.54) is 89.5 Å². The zero-order valence-electron chi connectivity index (χ0n) is 50.7. The molecule has 8 unspecified atom stereocenters. The van der Waals surface area contributed by atoms with E-state index in [-0.39, 0.29) is 39.7 Å². The second kappa shape index (κ2) is 20.2. The van der Waals surface area contributed by atoms with Gasteiger partial charge in [0.15, 0.2) is 0 Å². The summed E-state index contributed by atoms with van der Waals surface area (Å²) in [5.41, 5.74) is 20.5. The Kier molecular flexibility index (Phi) is 13.7. The smallest absolute Gasteiger partial charge is 0.147 e. The number of hydrogen-bond donors (Lipinski definition) is 1. The van der Waals surface area contributed by atoms with E-state index >= 15 is 0 Å². The summed E-state index contributed by atoms with van der Waals surface area (Å²) in [6.07, 6.45) is 45.3. The Morgan fingerprint density at radius 2 is 1.29 bits per heavy atom. The SMILES string of the molecule is CC1C=C(C2N=C(C3CC=CC(c4ccccc4)=C3n3c4c(c5c3C=CC(C(C)(C)C)C5)CC(C(C)(C)C)C=C4)N=C(C3=C(n4c5c(c6cc(C(C)(C)C)ccc64)C=C(C(C)(C)C)C(C)C5)C(C4C=CC=CC4)CC=C3)N2)C=CC1. The molecule has 4 aromatic rings. The summed E-state index contributed by atoms with van der Waals surface area (Å²) in [5.74, 6) is 3.89. The maximum Gasteiger partial charge on any atom is 0.147 e. The quantitative estimate of drug-likeness (QED) is 0.197. The number of hydrogen-bond acceptors (Lipinski definition) is 3. The fourth-order valence-corrected chi connectivity index (χ4v) is 14.6. The second-order valence-electron chi connectivity index (χ2n) is 29.2.